The van der Waals surface area contributed by atoms with E-state index in [1.807, 2.05) is 0 Å². The Morgan fingerprint density at radius 1 is 1.43 bits per heavy atom. The largest absolute Gasteiger partial charge is 0.378 e. The first-order chi connectivity index (χ1) is 6.25. The summed E-state index contributed by atoms with van der Waals surface area (Å²) in [6, 6.07) is 5.75. The van der Waals surface area contributed by atoms with Crippen LogP contribution in [0.25, 0.3) is 0 Å². The summed E-state index contributed by atoms with van der Waals surface area (Å²) in [7, 11) is 0. The number of benzene rings is 1. The molecule has 1 atom stereocenters. The van der Waals surface area contributed by atoms with E-state index in [0.29, 0.717) is 5.02 Å². The molecule has 1 aromatic carbocycles. The fourth-order valence-corrected chi connectivity index (χ4v) is 1.37. The van der Waals surface area contributed by atoms with Crippen LogP contribution in [-0.4, -0.2) is 9.94 Å². The van der Waals surface area contributed by atoms with Gasteiger partial charge in [-0.25, -0.2) is 0 Å². The van der Waals surface area contributed by atoms with Crippen LogP contribution in [0.4, 0.5) is 8.78 Å². The van der Waals surface area contributed by atoms with Gasteiger partial charge in [0, 0.05) is 5.02 Å². The van der Waals surface area contributed by atoms with E-state index in [-0.39, 0.29) is 5.56 Å². The molecule has 78 valence electrons. The molecular weight excluding hydrogens is 277 g/mol. The summed E-state index contributed by atoms with van der Waals surface area (Å²) in [6.45, 7) is 1.02. The molecule has 0 aliphatic heterocycles. The molecule has 0 aromatic heterocycles. The molecule has 0 radical (unpaired) electrons. The summed E-state index contributed by atoms with van der Waals surface area (Å²) >= 11 is 7.76. The van der Waals surface area contributed by atoms with E-state index < -0.39 is 10.4 Å². The molecule has 1 unspecified atom stereocenters. The molecule has 0 amide bonds. The number of hydrogen-bond acceptors (Lipinski definition) is 1. The summed E-state index contributed by atoms with van der Waals surface area (Å²) in [5.41, 5.74) is -2.22. The van der Waals surface area contributed by atoms with Gasteiger partial charge in [-0.05, 0) is 40.5 Å². The highest BCUT2D eigenvalue weighted by Crippen LogP contribution is 2.42. The average molecular weight is 286 g/mol. The minimum Gasteiger partial charge on any atom is -0.378 e. The number of rotatable bonds is 2. The highest BCUT2D eigenvalue weighted by Gasteiger charge is 2.48. The van der Waals surface area contributed by atoms with Crippen molar-refractivity contribution in [3.8, 4) is 0 Å². The predicted octanol–water partition coefficient (Wildman–Crippen LogP) is 3.54. The highest BCUT2D eigenvalue weighted by atomic mass is 79.9. The van der Waals surface area contributed by atoms with Gasteiger partial charge >= 0.3 is 4.83 Å². The predicted molar refractivity (Wildman–Crippen MR) is 54.9 cm³/mol. The second kappa shape index (κ2) is 3.76. The summed E-state index contributed by atoms with van der Waals surface area (Å²) in [5, 5.41) is 9.90. The SMILES string of the molecule is CC(O)(c1cccc(Cl)c1)C(F)(F)Br. The Bertz CT molecular complexity index is 336. The van der Waals surface area contributed by atoms with Gasteiger partial charge in [-0.15, -0.1) is 0 Å². The first-order valence-electron chi connectivity index (χ1n) is 3.80. The van der Waals surface area contributed by atoms with Crippen LogP contribution in [0.2, 0.25) is 5.02 Å². The van der Waals surface area contributed by atoms with E-state index in [9.17, 15) is 13.9 Å². The van der Waals surface area contributed by atoms with E-state index in [1.165, 1.54) is 18.2 Å². The lowest BCUT2D eigenvalue weighted by Gasteiger charge is -2.28. The van der Waals surface area contributed by atoms with Gasteiger partial charge in [0.1, 0.15) is 0 Å². The van der Waals surface area contributed by atoms with Crippen molar-refractivity contribution in [2.24, 2.45) is 0 Å². The average Bonchev–Trinajstić information content (AvgIpc) is 2.02. The fraction of sp³-hybridized carbons (Fsp3) is 0.333. The first-order valence-corrected chi connectivity index (χ1v) is 4.97. The first kappa shape index (κ1) is 11.9. The van der Waals surface area contributed by atoms with Crippen LogP contribution in [0, 0.1) is 0 Å². The van der Waals surface area contributed by atoms with Crippen molar-refractivity contribution >= 4 is 27.5 Å². The van der Waals surface area contributed by atoms with Gasteiger partial charge in [0.05, 0.1) is 0 Å². The van der Waals surface area contributed by atoms with E-state index in [4.69, 9.17) is 11.6 Å². The van der Waals surface area contributed by atoms with Crippen molar-refractivity contribution in [2.75, 3.05) is 0 Å². The van der Waals surface area contributed by atoms with Crippen molar-refractivity contribution in [3.05, 3.63) is 34.9 Å². The van der Waals surface area contributed by atoms with Crippen molar-refractivity contribution in [1.29, 1.82) is 0 Å². The molecule has 5 heteroatoms. The van der Waals surface area contributed by atoms with Gasteiger partial charge < -0.3 is 5.11 Å². The maximum atomic E-state index is 12.9. The molecule has 1 N–H and O–H groups in total. The third-order valence-electron chi connectivity index (χ3n) is 1.94. The Morgan fingerprint density at radius 2 is 2.00 bits per heavy atom. The van der Waals surface area contributed by atoms with E-state index in [1.54, 1.807) is 6.07 Å². The van der Waals surface area contributed by atoms with Gasteiger partial charge in [-0.3, -0.25) is 0 Å². The van der Waals surface area contributed by atoms with E-state index >= 15 is 0 Å². The summed E-state index contributed by atoms with van der Waals surface area (Å²) in [6.07, 6.45) is 0. The summed E-state index contributed by atoms with van der Waals surface area (Å²) < 4.78 is 25.9. The topological polar surface area (TPSA) is 20.2 Å². The molecule has 0 aliphatic rings. The van der Waals surface area contributed by atoms with Crippen LogP contribution in [0.1, 0.15) is 12.5 Å². The molecule has 1 nitrogen and oxygen atoms in total. The van der Waals surface area contributed by atoms with Gasteiger partial charge in [-0.1, -0.05) is 23.7 Å². The molecule has 14 heavy (non-hydrogen) atoms. The lowest BCUT2D eigenvalue weighted by molar-refractivity contribution is -0.109. The Morgan fingerprint density at radius 3 is 2.43 bits per heavy atom. The summed E-state index contributed by atoms with van der Waals surface area (Å²) in [5.74, 6) is 0. The van der Waals surface area contributed by atoms with E-state index in [2.05, 4.69) is 15.9 Å². The number of hydrogen-bond donors (Lipinski definition) is 1. The molecule has 0 aliphatic carbocycles. The third-order valence-corrected chi connectivity index (χ3v) is 2.95. The monoisotopic (exact) mass is 284 g/mol. The zero-order valence-corrected chi connectivity index (χ0v) is 9.61. The van der Waals surface area contributed by atoms with Crippen molar-refractivity contribution in [3.63, 3.8) is 0 Å². The zero-order chi connectivity index (χ0) is 11.0. The molecular formula is C9H8BrClF2O. The second-order valence-corrected chi connectivity index (χ2v) is 4.51. The number of alkyl halides is 3. The fourth-order valence-electron chi connectivity index (χ4n) is 0.955. The minimum absolute atomic E-state index is 0.0619. The molecule has 1 rings (SSSR count). The van der Waals surface area contributed by atoms with Crippen LogP contribution in [0.5, 0.6) is 0 Å². The van der Waals surface area contributed by atoms with Crippen LogP contribution >= 0.6 is 27.5 Å². The number of halogens is 4. The Kier molecular flexibility index (Phi) is 3.19. The maximum Gasteiger partial charge on any atom is 0.333 e. The molecule has 0 saturated carbocycles. The Labute approximate surface area is 93.8 Å². The minimum atomic E-state index is -3.40. The lowest BCUT2D eigenvalue weighted by atomic mass is 9.97. The van der Waals surface area contributed by atoms with Crippen LogP contribution in [0.15, 0.2) is 24.3 Å². The van der Waals surface area contributed by atoms with Gasteiger partial charge in [0.15, 0.2) is 5.60 Å². The molecule has 0 fully saturated rings. The highest BCUT2D eigenvalue weighted by molar-refractivity contribution is 9.10. The van der Waals surface area contributed by atoms with Crippen LogP contribution in [-0.2, 0) is 5.60 Å². The van der Waals surface area contributed by atoms with Crippen LogP contribution < -0.4 is 0 Å². The maximum absolute atomic E-state index is 12.9. The van der Waals surface area contributed by atoms with E-state index in [0.717, 1.165) is 6.92 Å². The Balaban J connectivity index is 3.16. The molecule has 1 aromatic rings. The third kappa shape index (κ3) is 2.24. The summed E-state index contributed by atoms with van der Waals surface area (Å²) in [4.78, 5) is -3.40. The van der Waals surface area contributed by atoms with Crippen molar-refractivity contribution in [1.82, 2.24) is 0 Å². The molecule has 0 spiro atoms. The van der Waals surface area contributed by atoms with Crippen LogP contribution in [0.3, 0.4) is 0 Å². The standard InChI is InChI=1S/C9H8BrClF2O/c1-8(14,9(10,12)13)6-3-2-4-7(11)5-6/h2-5,14H,1H3. The zero-order valence-electron chi connectivity index (χ0n) is 7.27. The van der Waals surface area contributed by atoms with Crippen molar-refractivity contribution in [2.45, 2.75) is 17.4 Å². The lowest BCUT2D eigenvalue weighted by Crippen LogP contribution is -2.37. The molecule has 0 saturated heterocycles. The molecule has 0 bridgehead atoms. The second-order valence-electron chi connectivity index (χ2n) is 3.08. The van der Waals surface area contributed by atoms with Gasteiger partial charge in [-0.2, -0.15) is 8.78 Å². The van der Waals surface area contributed by atoms with Crippen molar-refractivity contribution < 1.29 is 13.9 Å². The molecule has 0 heterocycles. The number of aliphatic hydroxyl groups is 1. The Hall–Kier alpha value is -0.190. The van der Waals surface area contributed by atoms with Gasteiger partial charge in [0.2, 0.25) is 0 Å². The normalized spacial score (nSPS) is 16.4. The smallest absolute Gasteiger partial charge is 0.333 e. The van der Waals surface area contributed by atoms with Gasteiger partial charge in [0.25, 0.3) is 0 Å². The quantitative estimate of drug-likeness (QED) is 0.824.